The molecule has 0 unspecified atom stereocenters. The van der Waals surface area contributed by atoms with Gasteiger partial charge in [-0.1, -0.05) is 29.8 Å². The molecule has 0 spiro atoms. The third kappa shape index (κ3) is 5.83. The second-order valence-electron chi connectivity index (χ2n) is 5.79. The molecule has 0 bridgehead atoms. The molecule has 0 fully saturated rings. The van der Waals surface area contributed by atoms with E-state index in [4.69, 9.17) is 11.6 Å². The Balaban J connectivity index is 2.08. The number of hydrogen-bond donors (Lipinski definition) is 1. The number of halogens is 2. The van der Waals surface area contributed by atoms with Gasteiger partial charge in [0.1, 0.15) is 5.82 Å². The van der Waals surface area contributed by atoms with Crippen molar-refractivity contribution in [1.29, 1.82) is 0 Å². The largest absolute Gasteiger partial charge is 0.322 e. The van der Waals surface area contributed by atoms with E-state index < -0.39 is 0 Å². The summed E-state index contributed by atoms with van der Waals surface area (Å²) in [6, 6.07) is 13.0. The maximum atomic E-state index is 13.0. The lowest BCUT2D eigenvalue weighted by Crippen LogP contribution is -2.39. The van der Waals surface area contributed by atoms with E-state index >= 15 is 0 Å². The van der Waals surface area contributed by atoms with Crippen LogP contribution in [0, 0.1) is 5.82 Å². The summed E-state index contributed by atoms with van der Waals surface area (Å²) < 4.78 is 13.0. The van der Waals surface area contributed by atoms with Gasteiger partial charge in [0.05, 0.1) is 0 Å². The number of benzene rings is 2. The Morgan fingerprint density at radius 3 is 2.46 bits per heavy atom. The lowest BCUT2D eigenvalue weighted by molar-refractivity contribution is 0.202. The zero-order chi connectivity index (χ0) is 17.5. The normalized spacial score (nSPS) is 10.7. The molecule has 0 heterocycles. The van der Waals surface area contributed by atoms with Crippen LogP contribution in [0.2, 0.25) is 5.02 Å². The van der Waals surface area contributed by atoms with Crippen LogP contribution >= 0.6 is 11.6 Å². The molecule has 1 N–H and O–H groups in total. The molecule has 2 rings (SSSR count). The number of carbonyl (C=O) groups excluding carboxylic acids is 1. The third-order valence-electron chi connectivity index (χ3n) is 3.47. The Morgan fingerprint density at radius 2 is 1.83 bits per heavy atom. The number of urea groups is 1. The number of nitrogens with zero attached hydrogens (tertiary/aromatic N) is 2. The summed E-state index contributed by atoms with van der Waals surface area (Å²) in [4.78, 5) is 16.3. The second-order valence-corrected chi connectivity index (χ2v) is 6.23. The van der Waals surface area contributed by atoms with Gasteiger partial charge < -0.3 is 15.1 Å². The van der Waals surface area contributed by atoms with Crippen molar-refractivity contribution in [2.24, 2.45) is 0 Å². The van der Waals surface area contributed by atoms with Gasteiger partial charge in [0.25, 0.3) is 0 Å². The Kier molecular flexibility index (Phi) is 6.58. The van der Waals surface area contributed by atoms with Gasteiger partial charge in [0, 0.05) is 30.3 Å². The monoisotopic (exact) mass is 349 g/mol. The quantitative estimate of drug-likeness (QED) is 0.853. The van der Waals surface area contributed by atoms with E-state index in [0.29, 0.717) is 23.8 Å². The first-order valence-corrected chi connectivity index (χ1v) is 8.02. The van der Waals surface area contributed by atoms with Crippen LogP contribution in [-0.2, 0) is 6.54 Å². The minimum absolute atomic E-state index is 0.219. The average Bonchev–Trinajstić information content (AvgIpc) is 2.53. The van der Waals surface area contributed by atoms with E-state index in [1.165, 1.54) is 12.1 Å². The first-order valence-electron chi connectivity index (χ1n) is 7.65. The van der Waals surface area contributed by atoms with Crippen LogP contribution in [0.25, 0.3) is 0 Å². The van der Waals surface area contributed by atoms with Crippen molar-refractivity contribution in [3.63, 3.8) is 0 Å². The van der Waals surface area contributed by atoms with Crippen LogP contribution in [0.4, 0.5) is 14.9 Å². The first kappa shape index (κ1) is 18.2. The predicted molar refractivity (Wildman–Crippen MR) is 95.8 cm³/mol. The predicted octanol–water partition coefficient (Wildman–Crippen LogP) is 4.07. The molecule has 128 valence electrons. The summed E-state index contributed by atoms with van der Waals surface area (Å²) in [5, 5.41) is 3.41. The van der Waals surface area contributed by atoms with Gasteiger partial charge in [0.15, 0.2) is 0 Å². The fraction of sp³-hybridized carbons (Fsp3) is 0.278. The zero-order valence-corrected chi connectivity index (χ0v) is 14.6. The molecule has 2 amide bonds. The van der Waals surface area contributed by atoms with Crippen LogP contribution in [0.1, 0.15) is 5.56 Å². The smallest absolute Gasteiger partial charge is 0.319 e. The molecule has 24 heavy (non-hydrogen) atoms. The highest BCUT2D eigenvalue weighted by atomic mass is 35.5. The Hall–Kier alpha value is -2.11. The summed E-state index contributed by atoms with van der Waals surface area (Å²) in [5.74, 6) is -0.290. The molecule has 0 aliphatic heterocycles. The maximum Gasteiger partial charge on any atom is 0.322 e. The Labute approximate surface area is 146 Å². The SMILES string of the molecule is CN(C)CCN(Cc1ccc(F)cc1)C(=O)Nc1cccc(Cl)c1. The lowest BCUT2D eigenvalue weighted by Gasteiger charge is -2.25. The molecule has 2 aromatic carbocycles. The van der Waals surface area contributed by atoms with E-state index in [-0.39, 0.29) is 11.8 Å². The van der Waals surface area contributed by atoms with Crippen LogP contribution in [0.15, 0.2) is 48.5 Å². The molecular weight excluding hydrogens is 329 g/mol. The average molecular weight is 350 g/mol. The maximum absolute atomic E-state index is 13.0. The van der Waals surface area contributed by atoms with Gasteiger partial charge in [-0.3, -0.25) is 0 Å². The third-order valence-corrected chi connectivity index (χ3v) is 3.70. The lowest BCUT2D eigenvalue weighted by atomic mass is 10.2. The number of anilines is 1. The van der Waals surface area contributed by atoms with Crippen molar-refractivity contribution in [1.82, 2.24) is 9.80 Å². The number of nitrogens with one attached hydrogen (secondary N) is 1. The molecule has 0 saturated heterocycles. The van der Waals surface area contributed by atoms with E-state index in [9.17, 15) is 9.18 Å². The van der Waals surface area contributed by atoms with Gasteiger partial charge in [-0.25, -0.2) is 9.18 Å². The van der Waals surface area contributed by atoms with Crippen LogP contribution in [0.5, 0.6) is 0 Å². The van der Waals surface area contributed by atoms with E-state index in [2.05, 4.69) is 5.32 Å². The summed E-state index contributed by atoms with van der Waals surface area (Å²) >= 11 is 5.95. The van der Waals surface area contributed by atoms with E-state index in [1.807, 2.05) is 19.0 Å². The van der Waals surface area contributed by atoms with Crippen molar-refractivity contribution in [2.45, 2.75) is 6.54 Å². The fourth-order valence-electron chi connectivity index (χ4n) is 2.15. The molecular formula is C18H21ClFN3O. The second kappa shape index (κ2) is 8.66. The van der Waals surface area contributed by atoms with Crippen LogP contribution in [-0.4, -0.2) is 43.0 Å². The highest BCUT2D eigenvalue weighted by Crippen LogP contribution is 2.16. The molecule has 0 atom stereocenters. The zero-order valence-electron chi connectivity index (χ0n) is 13.8. The summed E-state index contributed by atoms with van der Waals surface area (Å²) in [7, 11) is 3.90. The van der Waals surface area contributed by atoms with Crippen molar-refractivity contribution >= 4 is 23.3 Å². The van der Waals surface area contributed by atoms with Gasteiger partial charge in [-0.2, -0.15) is 0 Å². The standard InChI is InChI=1S/C18H21ClFN3O/c1-22(2)10-11-23(13-14-6-8-16(20)9-7-14)18(24)21-17-5-3-4-15(19)12-17/h3-9,12H,10-11,13H2,1-2H3,(H,21,24). The highest BCUT2D eigenvalue weighted by Gasteiger charge is 2.14. The summed E-state index contributed by atoms with van der Waals surface area (Å²) in [6.45, 7) is 1.68. The van der Waals surface area contributed by atoms with Crippen molar-refractivity contribution < 1.29 is 9.18 Å². The topological polar surface area (TPSA) is 35.6 Å². The molecule has 6 heteroatoms. The van der Waals surface area contributed by atoms with Crippen LogP contribution < -0.4 is 5.32 Å². The minimum Gasteiger partial charge on any atom is -0.319 e. The van der Waals surface area contributed by atoms with Gasteiger partial charge in [0.2, 0.25) is 0 Å². The Morgan fingerprint density at radius 1 is 1.12 bits per heavy atom. The minimum atomic E-state index is -0.290. The summed E-state index contributed by atoms with van der Waals surface area (Å²) in [6.07, 6.45) is 0. The molecule has 0 saturated carbocycles. The van der Waals surface area contributed by atoms with E-state index in [0.717, 1.165) is 12.1 Å². The summed E-state index contributed by atoms with van der Waals surface area (Å²) in [5.41, 5.74) is 1.51. The molecule has 0 aliphatic carbocycles. The van der Waals surface area contributed by atoms with Crippen molar-refractivity contribution in [3.8, 4) is 0 Å². The van der Waals surface area contributed by atoms with Gasteiger partial charge in [-0.15, -0.1) is 0 Å². The fourth-order valence-corrected chi connectivity index (χ4v) is 2.34. The number of hydrogen-bond acceptors (Lipinski definition) is 2. The first-order chi connectivity index (χ1) is 11.4. The van der Waals surface area contributed by atoms with Gasteiger partial charge >= 0.3 is 6.03 Å². The number of amides is 2. The van der Waals surface area contributed by atoms with Gasteiger partial charge in [-0.05, 0) is 50.0 Å². The molecule has 0 aliphatic rings. The molecule has 0 radical (unpaired) electrons. The number of rotatable bonds is 6. The number of likely N-dealkylation sites (N-methyl/N-ethyl adjacent to an activating group) is 1. The highest BCUT2D eigenvalue weighted by molar-refractivity contribution is 6.30. The molecule has 4 nitrogen and oxygen atoms in total. The molecule has 0 aromatic heterocycles. The Bertz CT molecular complexity index is 676. The van der Waals surface area contributed by atoms with E-state index in [1.54, 1.807) is 41.3 Å². The number of carbonyl (C=O) groups is 1. The molecule has 2 aromatic rings. The van der Waals surface area contributed by atoms with Crippen molar-refractivity contribution in [3.05, 3.63) is 64.9 Å². The van der Waals surface area contributed by atoms with Crippen molar-refractivity contribution in [2.75, 3.05) is 32.5 Å². The van der Waals surface area contributed by atoms with Crippen LogP contribution in [0.3, 0.4) is 0 Å².